The lowest BCUT2D eigenvalue weighted by molar-refractivity contribution is 0.0374. The Bertz CT molecular complexity index is 1330. The summed E-state index contributed by atoms with van der Waals surface area (Å²) in [6.07, 6.45) is 0.881. The van der Waals surface area contributed by atoms with Gasteiger partial charge in [0, 0.05) is 36.7 Å². The van der Waals surface area contributed by atoms with E-state index in [-0.39, 0.29) is 11.5 Å². The van der Waals surface area contributed by atoms with Crippen molar-refractivity contribution in [3.8, 4) is 16.8 Å². The van der Waals surface area contributed by atoms with Crippen molar-refractivity contribution >= 4 is 27.5 Å². The molecule has 0 aliphatic carbocycles. The standard InChI is InChI=1S/C27H27N3O3S/c31-23-13-12-22-24(20-8-3-1-4-9-20)25(34-27(22)30(23)21-10-5-2-6-11-21)26(32)28-14-7-15-29-16-18-33-19-17-29/h1-6,8-13H,7,14-19H2,(H,28,32). The van der Waals surface area contributed by atoms with Crippen molar-refractivity contribution in [2.24, 2.45) is 0 Å². The van der Waals surface area contributed by atoms with Gasteiger partial charge in [0.05, 0.1) is 18.9 Å². The molecule has 7 heteroatoms. The molecule has 1 aliphatic rings. The fourth-order valence-corrected chi connectivity index (χ4v) is 5.62. The summed E-state index contributed by atoms with van der Waals surface area (Å²) >= 11 is 1.37. The van der Waals surface area contributed by atoms with Crippen LogP contribution >= 0.6 is 11.3 Å². The first kappa shape index (κ1) is 22.5. The number of fused-ring (bicyclic) bond motifs is 1. The lowest BCUT2D eigenvalue weighted by Gasteiger charge is -2.26. The molecular weight excluding hydrogens is 446 g/mol. The van der Waals surface area contributed by atoms with Crippen molar-refractivity contribution in [3.05, 3.63) is 88.0 Å². The number of hydrogen-bond acceptors (Lipinski definition) is 5. The quantitative estimate of drug-likeness (QED) is 0.409. The number of morpholine rings is 1. The number of carbonyl (C=O) groups is 1. The predicted molar refractivity (Wildman–Crippen MR) is 137 cm³/mol. The van der Waals surface area contributed by atoms with E-state index in [2.05, 4.69) is 10.2 Å². The zero-order valence-electron chi connectivity index (χ0n) is 18.9. The average molecular weight is 474 g/mol. The SMILES string of the molecule is O=C(NCCCN1CCOCC1)c1sc2c(ccc(=O)n2-c2ccccc2)c1-c1ccccc1. The van der Waals surface area contributed by atoms with Crippen LogP contribution in [0.15, 0.2) is 77.6 Å². The molecule has 0 radical (unpaired) electrons. The fraction of sp³-hybridized carbons (Fsp3) is 0.259. The highest BCUT2D eigenvalue weighted by atomic mass is 32.1. The first-order valence-corrected chi connectivity index (χ1v) is 12.4. The number of benzene rings is 2. The molecule has 0 atom stereocenters. The van der Waals surface area contributed by atoms with E-state index in [4.69, 9.17) is 4.74 Å². The predicted octanol–water partition coefficient (Wildman–Crippen LogP) is 4.17. The fourth-order valence-electron chi connectivity index (χ4n) is 4.36. The largest absolute Gasteiger partial charge is 0.379 e. The van der Waals surface area contributed by atoms with E-state index in [1.54, 1.807) is 10.6 Å². The van der Waals surface area contributed by atoms with Crippen LogP contribution in [0.3, 0.4) is 0 Å². The van der Waals surface area contributed by atoms with Gasteiger partial charge in [0.25, 0.3) is 11.5 Å². The van der Waals surface area contributed by atoms with Crippen LogP contribution in [-0.4, -0.2) is 54.8 Å². The Kier molecular flexibility index (Phi) is 6.85. The lowest BCUT2D eigenvalue weighted by Crippen LogP contribution is -2.38. The minimum atomic E-state index is -0.114. The third-order valence-corrected chi connectivity index (χ3v) is 7.25. The van der Waals surface area contributed by atoms with Gasteiger partial charge in [-0.15, -0.1) is 11.3 Å². The van der Waals surface area contributed by atoms with Crippen molar-refractivity contribution in [3.63, 3.8) is 0 Å². The molecule has 1 saturated heterocycles. The van der Waals surface area contributed by atoms with Crippen molar-refractivity contribution in [1.82, 2.24) is 14.8 Å². The molecule has 0 unspecified atom stereocenters. The van der Waals surface area contributed by atoms with Crippen molar-refractivity contribution in [1.29, 1.82) is 0 Å². The van der Waals surface area contributed by atoms with E-state index in [0.717, 1.165) is 66.3 Å². The number of nitrogens with zero attached hydrogens (tertiary/aromatic N) is 2. The van der Waals surface area contributed by atoms with Crippen molar-refractivity contribution in [2.75, 3.05) is 39.4 Å². The first-order chi connectivity index (χ1) is 16.7. The highest BCUT2D eigenvalue weighted by Gasteiger charge is 2.22. The minimum absolute atomic E-state index is 0.103. The highest BCUT2D eigenvalue weighted by molar-refractivity contribution is 7.21. The zero-order valence-corrected chi connectivity index (χ0v) is 19.7. The highest BCUT2D eigenvalue weighted by Crippen LogP contribution is 2.39. The molecule has 1 aliphatic heterocycles. The number of pyridine rings is 1. The van der Waals surface area contributed by atoms with Crippen LogP contribution in [0.5, 0.6) is 0 Å². The molecule has 34 heavy (non-hydrogen) atoms. The molecule has 0 spiro atoms. The molecule has 174 valence electrons. The van der Waals surface area contributed by atoms with Crippen LogP contribution in [0.4, 0.5) is 0 Å². The Balaban J connectivity index is 1.49. The number of para-hydroxylation sites is 1. The summed E-state index contributed by atoms with van der Waals surface area (Å²) in [7, 11) is 0. The lowest BCUT2D eigenvalue weighted by atomic mass is 10.0. The summed E-state index contributed by atoms with van der Waals surface area (Å²) in [5.74, 6) is -0.103. The molecule has 0 saturated carbocycles. The summed E-state index contributed by atoms with van der Waals surface area (Å²) in [6, 6.07) is 22.9. The molecule has 0 bridgehead atoms. The van der Waals surface area contributed by atoms with Gasteiger partial charge < -0.3 is 10.1 Å². The first-order valence-electron chi connectivity index (χ1n) is 11.6. The zero-order chi connectivity index (χ0) is 23.3. The molecule has 1 amide bonds. The number of carbonyl (C=O) groups excluding carboxylic acids is 1. The van der Waals surface area contributed by atoms with Crippen molar-refractivity contribution < 1.29 is 9.53 Å². The van der Waals surface area contributed by atoms with Gasteiger partial charge in [0.15, 0.2) is 0 Å². The van der Waals surface area contributed by atoms with Gasteiger partial charge in [0.1, 0.15) is 9.71 Å². The van der Waals surface area contributed by atoms with Crippen LogP contribution in [0.1, 0.15) is 16.1 Å². The van der Waals surface area contributed by atoms with E-state index in [9.17, 15) is 9.59 Å². The van der Waals surface area contributed by atoms with Gasteiger partial charge in [-0.3, -0.25) is 19.1 Å². The summed E-state index contributed by atoms with van der Waals surface area (Å²) in [6.45, 7) is 4.98. The van der Waals surface area contributed by atoms with E-state index < -0.39 is 0 Å². The second-order valence-electron chi connectivity index (χ2n) is 8.30. The van der Waals surface area contributed by atoms with Gasteiger partial charge >= 0.3 is 0 Å². The Labute approximate surface area is 202 Å². The molecule has 5 rings (SSSR count). The maximum atomic E-state index is 13.4. The van der Waals surface area contributed by atoms with E-state index in [1.165, 1.54) is 11.3 Å². The van der Waals surface area contributed by atoms with Gasteiger partial charge in [-0.25, -0.2) is 0 Å². The van der Waals surface area contributed by atoms with Crippen molar-refractivity contribution in [2.45, 2.75) is 6.42 Å². The minimum Gasteiger partial charge on any atom is -0.379 e. The van der Waals surface area contributed by atoms with E-state index in [1.807, 2.05) is 66.7 Å². The smallest absolute Gasteiger partial charge is 0.262 e. The maximum Gasteiger partial charge on any atom is 0.262 e. The molecule has 4 aromatic rings. The summed E-state index contributed by atoms with van der Waals surface area (Å²) in [4.78, 5) is 30.0. The van der Waals surface area contributed by atoms with E-state index >= 15 is 0 Å². The number of ether oxygens (including phenoxy) is 1. The van der Waals surface area contributed by atoms with Gasteiger partial charge in [-0.1, -0.05) is 48.5 Å². The molecule has 1 N–H and O–H groups in total. The molecule has 1 fully saturated rings. The third kappa shape index (κ3) is 4.68. The Morgan fingerprint density at radius 3 is 2.38 bits per heavy atom. The number of amides is 1. The van der Waals surface area contributed by atoms with Crippen LogP contribution < -0.4 is 10.9 Å². The number of nitrogens with one attached hydrogen (secondary N) is 1. The number of thiophene rings is 1. The third-order valence-electron chi connectivity index (χ3n) is 6.07. The van der Waals surface area contributed by atoms with Crippen LogP contribution in [0.25, 0.3) is 27.0 Å². The molecular formula is C27H27N3O3S. The number of rotatable bonds is 7. The topological polar surface area (TPSA) is 63.6 Å². The van der Waals surface area contributed by atoms with Gasteiger partial charge in [0.2, 0.25) is 0 Å². The van der Waals surface area contributed by atoms with Crippen LogP contribution in [0.2, 0.25) is 0 Å². The summed E-state index contributed by atoms with van der Waals surface area (Å²) < 4.78 is 7.10. The monoisotopic (exact) mass is 473 g/mol. The Morgan fingerprint density at radius 2 is 1.65 bits per heavy atom. The second-order valence-corrected chi connectivity index (χ2v) is 9.30. The molecule has 6 nitrogen and oxygen atoms in total. The van der Waals surface area contributed by atoms with Crippen LogP contribution in [-0.2, 0) is 4.74 Å². The summed E-state index contributed by atoms with van der Waals surface area (Å²) in [5, 5.41) is 4.01. The molecule has 2 aromatic carbocycles. The number of hydrogen-bond donors (Lipinski definition) is 1. The number of aromatic nitrogens is 1. The van der Waals surface area contributed by atoms with Gasteiger partial charge in [-0.2, -0.15) is 0 Å². The average Bonchev–Trinajstić information content (AvgIpc) is 3.28. The summed E-state index contributed by atoms with van der Waals surface area (Å²) in [5.41, 5.74) is 2.51. The Morgan fingerprint density at radius 1 is 0.941 bits per heavy atom. The van der Waals surface area contributed by atoms with E-state index in [0.29, 0.717) is 11.4 Å². The Hall–Kier alpha value is -3.26. The van der Waals surface area contributed by atoms with Crippen LogP contribution in [0, 0.1) is 0 Å². The maximum absolute atomic E-state index is 13.4. The second kappa shape index (κ2) is 10.3. The molecule has 3 heterocycles. The molecule has 2 aromatic heterocycles. The van der Waals surface area contributed by atoms with Gasteiger partial charge in [-0.05, 0) is 36.7 Å². The normalized spacial score (nSPS) is 14.4.